The lowest BCUT2D eigenvalue weighted by Crippen LogP contribution is -2.42. The van der Waals surface area contributed by atoms with Gasteiger partial charge < -0.3 is 0 Å². The predicted molar refractivity (Wildman–Crippen MR) is 40.3 cm³/mol. The molecule has 0 fully saturated rings. The molecule has 7 heteroatoms. The van der Waals surface area contributed by atoms with Crippen LogP contribution in [0.3, 0.4) is 0 Å². The highest BCUT2D eigenvalue weighted by molar-refractivity contribution is 7.90. The largest absolute Gasteiger partial charge is 0.511 e. The molecule has 1 rings (SSSR count). The van der Waals surface area contributed by atoms with Gasteiger partial charge in [-0.3, -0.25) is 0 Å². The SMILES string of the molecule is O=S(=O)(N1CC=CCC1)C(F)(F)F. The first-order valence-corrected chi connectivity index (χ1v) is 5.01. The Labute approximate surface area is 73.9 Å². The minimum absolute atomic E-state index is 0.0989. The van der Waals surface area contributed by atoms with E-state index in [4.69, 9.17) is 0 Å². The lowest BCUT2D eigenvalue weighted by Gasteiger charge is -2.23. The molecule has 0 saturated heterocycles. The lowest BCUT2D eigenvalue weighted by molar-refractivity contribution is -0.0486. The molecule has 0 aromatic carbocycles. The molecule has 3 nitrogen and oxygen atoms in total. The van der Waals surface area contributed by atoms with Crippen LogP contribution < -0.4 is 0 Å². The molecule has 1 heterocycles. The van der Waals surface area contributed by atoms with E-state index < -0.39 is 15.5 Å². The molecule has 0 saturated carbocycles. The van der Waals surface area contributed by atoms with Gasteiger partial charge in [-0.05, 0) is 6.42 Å². The molecule has 1 aliphatic heterocycles. The van der Waals surface area contributed by atoms with Crippen LogP contribution in [0.1, 0.15) is 6.42 Å². The van der Waals surface area contributed by atoms with Crippen molar-refractivity contribution in [3.05, 3.63) is 12.2 Å². The lowest BCUT2D eigenvalue weighted by atomic mass is 10.3. The topological polar surface area (TPSA) is 37.4 Å². The van der Waals surface area contributed by atoms with Crippen molar-refractivity contribution >= 4 is 10.0 Å². The fourth-order valence-corrected chi connectivity index (χ4v) is 1.91. The summed E-state index contributed by atoms with van der Waals surface area (Å²) in [6.07, 6.45) is 3.39. The Morgan fingerprint density at radius 3 is 2.23 bits per heavy atom. The van der Waals surface area contributed by atoms with Crippen molar-refractivity contribution in [2.45, 2.75) is 11.9 Å². The van der Waals surface area contributed by atoms with Crippen LogP contribution >= 0.6 is 0 Å². The summed E-state index contributed by atoms with van der Waals surface area (Å²) in [4.78, 5) is 0. The minimum Gasteiger partial charge on any atom is -0.203 e. The van der Waals surface area contributed by atoms with Crippen molar-refractivity contribution in [3.8, 4) is 0 Å². The van der Waals surface area contributed by atoms with E-state index in [1.54, 1.807) is 6.08 Å². The molecule has 1 aliphatic rings. The average molecular weight is 215 g/mol. The van der Waals surface area contributed by atoms with E-state index >= 15 is 0 Å². The molecule has 0 amide bonds. The Morgan fingerprint density at radius 2 is 1.85 bits per heavy atom. The summed E-state index contributed by atoms with van der Waals surface area (Å²) in [5.41, 5.74) is -5.18. The van der Waals surface area contributed by atoms with Crippen LogP contribution in [0.4, 0.5) is 13.2 Å². The average Bonchev–Trinajstić information content (AvgIpc) is 2.04. The highest BCUT2D eigenvalue weighted by Crippen LogP contribution is 2.27. The van der Waals surface area contributed by atoms with Crippen molar-refractivity contribution in [3.63, 3.8) is 0 Å². The Bertz CT molecular complexity index is 306. The standard InChI is InChI=1S/C6H8F3NO2S/c7-6(8,9)13(11,12)10-4-2-1-3-5-10/h1-2H,3-5H2. The predicted octanol–water partition coefficient (Wildman–Crippen LogP) is 1.10. The maximum absolute atomic E-state index is 12.0. The summed E-state index contributed by atoms with van der Waals surface area (Å²) < 4.78 is 57.9. The first-order chi connectivity index (χ1) is 5.86. The van der Waals surface area contributed by atoms with Gasteiger partial charge in [0.1, 0.15) is 0 Å². The minimum atomic E-state index is -5.18. The quantitative estimate of drug-likeness (QED) is 0.614. The summed E-state index contributed by atoms with van der Waals surface area (Å²) in [6.45, 7) is -0.291. The zero-order valence-corrected chi connectivity index (χ0v) is 7.40. The van der Waals surface area contributed by atoms with Gasteiger partial charge in [0, 0.05) is 13.1 Å². The third-order valence-electron chi connectivity index (χ3n) is 1.65. The van der Waals surface area contributed by atoms with Gasteiger partial charge in [-0.25, -0.2) is 8.42 Å². The third-order valence-corrected chi connectivity index (χ3v) is 3.25. The van der Waals surface area contributed by atoms with Gasteiger partial charge in [0.25, 0.3) is 0 Å². The number of halogens is 3. The smallest absolute Gasteiger partial charge is 0.203 e. The second kappa shape index (κ2) is 3.30. The highest BCUT2D eigenvalue weighted by Gasteiger charge is 2.49. The Morgan fingerprint density at radius 1 is 1.23 bits per heavy atom. The zero-order valence-electron chi connectivity index (χ0n) is 6.58. The number of rotatable bonds is 1. The number of hydrogen-bond donors (Lipinski definition) is 0. The van der Waals surface area contributed by atoms with E-state index in [-0.39, 0.29) is 13.1 Å². The van der Waals surface area contributed by atoms with Crippen LogP contribution in [-0.4, -0.2) is 31.3 Å². The van der Waals surface area contributed by atoms with Crippen molar-refractivity contribution < 1.29 is 21.6 Å². The number of sulfonamides is 1. The van der Waals surface area contributed by atoms with Gasteiger partial charge in [0.05, 0.1) is 0 Å². The molecular weight excluding hydrogens is 207 g/mol. The highest BCUT2D eigenvalue weighted by atomic mass is 32.2. The van der Waals surface area contributed by atoms with Crippen LogP contribution in [-0.2, 0) is 10.0 Å². The Hall–Kier alpha value is -0.560. The van der Waals surface area contributed by atoms with Crippen LogP contribution in [0.25, 0.3) is 0 Å². The molecule has 76 valence electrons. The van der Waals surface area contributed by atoms with E-state index in [1.807, 2.05) is 0 Å². The molecule has 0 aliphatic carbocycles. The van der Waals surface area contributed by atoms with Crippen molar-refractivity contribution in [2.24, 2.45) is 0 Å². The van der Waals surface area contributed by atoms with Gasteiger partial charge in [-0.15, -0.1) is 0 Å². The molecule has 0 bridgehead atoms. The fraction of sp³-hybridized carbons (Fsp3) is 0.667. The second-order valence-electron chi connectivity index (χ2n) is 2.57. The Balaban J connectivity index is 2.88. The van der Waals surface area contributed by atoms with E-state index in [9.17, 15) is 21.6 Å². The summed E-state index contributed by atoms with van der Waals surface area (Å²) in [7, 11) is -5.12. The van der Waals surface area contributed by atoms with E-state index in [0.717, 1.165) is 0 Å². The van der Waals surface area contributed by atoms with Crippen LogP contribution in [0.2, 0.25) is 0 Å². The summed E-state index contributed by atoms with van der Waals surface area (Å²) >= 11 is 0. The molecule has 0 atom stereocenters. The number of nitrogens with zero attached hydrogens (tertiary/aromatic N) is 1. The molecule has 0 N–H and O–H groups in total. The van der Waals surface area contributed by atoms with Crippen LogP contribution in [0.5, 0.6) is 0 Å². The Kier molecular flexibility index (Phi) is 2.67. The van der Waals surface area contributed by atoms with Gasteiger partial charge in [-0.1, -0.05) is 12.2 Å². The maximum atomic E-state index is 12.0. The first kappa shape index (κ1) is 10.5. The third kappa shape index (κ3) is 2.02. The molecule has 13 heavy (non-hydrogen) atoms. The van der Waals surface area contributed by atoms with Crippen LogP contribution in [0, 0.1) is 0 Å². The second-order valence-corrected chi connectivity index (χ2v) is 4.50. The monoisotopic (exact) mass is 215 g/mol. The molecule has 0 aromatic rings. The van der Waals surface area contributed by atoms with E-state index in [1.165, 1.54) is 6.08 Å². The van der Waals surface area contributed by atoms with E-state index in [0.29, 0.717) is 10.7 Å². The zero-order chi connectivity index (χ0) is 10.1. The summed E-state index contributed by atoms with van der Waals surface area (Å²) in [5.74, 6) is 0. The molecule has 0 aromatic heterocycles. The molecule has 0 radical (unpaired) electrons. The number of alkyl halides is 3. The van der Waals surface area contributed by atoms with Gasteiger partial charge in [0.2, 0.25) is 0 Å². The summed E-state index contributed by atoms with van der Waals surface area (Å²) in [6, 6.07) is 0. The van der Waals surface area contributed by atoms with Crippen molar-refractivity contribution in [1.82, 2.24) is 4.31 Å². The maximum Gasteiger partial charge on any atom is 0.511 e. The van der Waals surface area contributed by atoms with Crippen molar-refractivity contribution in [1.29, 1.82) is 0 Å². The van der Waals surface area contributed by atoms with Gasteiger partial charge >= 0.3 is 15.5 Å². The first-order valence-electron chi connectivity index (χ1n) is 3.57. The number of hydrogen-bond acceptors (Lipinski definition) is 2. The van der Waals surface area contributed by atoms with Crippen LogP contribution in [0.15, 0.2) is 12.2 Å². The molecule has 0 spiro atoms. The summed E-state index contributed by atoms with van der Waals surface area (Å²) in [5, 5.41) is 0. The fourth-order valence-electron chi connectivity index (χ4n) is 0.984. The molecule has 0 unspecified atom stereocenters. The molecular formula is C6H8F3NO2S. The van der Waals surface area contributed by atoms with Gasteiger partial charge in [0.15, 0.2) is 0 Å². The van der Waals surface area contributed by atoms with Crippen molar-refractivity contribution in [2.75, 3.05) is 13.1 Å². The van der Waals surface area contributed by atoms with Gasteiger partial charge in [-0.2, -0.15) is 17.5 Å². The normalized spacial score (nSPS) is 20.5. The van der Waals surface area contributed by atoms with E-state index in [2.05, 4.69) is 0 Å².